The first-order valence-electron chi connectivity index (χ1n) is 15.2. The molecular weight excluding hydrogens is 500 g/mol. The van der Waals surface area contributed by atoms with E-state index in [9.17, 15) is 0 Å². The number of nitrogens with zero attached hydrogens (tertiary/aromatic N) is 2. The van der Waals surface area contributed by atoms with E-state index in [0.717, 1.165) is 49.0 Å². The van der Waals surface area contributed by atoms with Crippen LogP contribution < -0.4 is 5.32 Å². The number of piperazine rings is 1. The van der Waals surface area contributed by atoms with E-state index in [4.69, 9.17) is 4.98 Å². The normalized spacial score (nSPS) is 16.6. The molecule has 1 atom stereocenters. The molecule has 0 amide bonds. The van der Waals surface area contributed by atoms with Crippen molar-refractivity contribution in [2.75, 3.05) is 26.2 Å². The van der Waals surface area contributed by atoms with E-state index in [1.54, 1.807) is 0 Å². The molecule has 1 aliphatic heterocycles. The number of benzene rings is 3. The van der Waals surface area contributed by atoms with Crippen LogP contribution >= 0.6 is 0 Å². The molecule has 1 fully saturated rings. The van der Waals surface area contributed by atoms with Crippen LogP contribution in [0.5, 0.6) is 0 Å². The predicted molar refractivity (Wildman–Crippen MR) is 173 cm³/mol. The van der Waals surface area contributed by atoms with Crippen molar-refractivity contribution >= 4 is 0 Å². The van der Waals surface area contributed by atoms with Gasteiger partial charge in [-0.3, -0.25) is 4.90 Å². The first kappa shape index (κ1) is 29.3. The van der Waals surface area contributed by atoms with Crippen molar-refractivity contribution in [1.82, 2.24) is 20.2 Å². The number of nitrogens with one attached hydrogen (secondary N) is 2. The van der Waals surface area contributed by atoms with Gasteiger partial charge in [-0.25, -0.2) is 4.98 Å². The number of aromatic nitrogens is 2. The summed E-state index contributed by atoms with van der Waals surface area (Å²) in [6, 6.07) is 28.8. The molecule has 2 N–H and O–H groups in total. The fourth-order valence-electron chi connectivity index (χ4n) is 6.92. The SMILES string of the molecule is Cc1[nH]c(-c2ccccc2)nc1C(C)(C(c1ccccc1C(C)(C)C)c1ccccc1C(C)(C)C)N1CCNCC1. The smallest absolute Gasteiger partial charge is 0.137 e. The summed E-state index contributed by atoms with van der Waals surface area (Å²) in [5, 5.41) is 3.60. The van der Waals surface area contributed by atoms with E-state index in [0.29, 0.717) is 0 Å². The first-order chi connectivity index (χ1) is 19.4. The molecule has 5 rings (SSSR count). The molecule has 0 radical (unpaired) electrons. The summed E-state index contributed by atoms with van der Waals surface area (Å²) in [5.74, 6) is 1.00. The van der Waals surface area contributed by atoms with E-state index in [-0.39, 0.29) is 16.7 Å². The predicted octanol–water partition coefficient (Wildman–Crippen LogP) is 7.93. The van der Waals surface area contributed by atoms with Gasteiger partial charge in [0.15, 0.2) is 0 Å². The van der Waals surface area contributed by atoms with E-state index in [1.807, 2.05) is 0 Å². The minimum atomic E-state index is -0.404. The molecule has 1 unspecified atom stereocenters. The maximum Gasteiger partial charge on any atom is 0.137 e. The molecule has 216 valence electrons. The third-order valence-corrected chi connectivity index (χ3v) is 8.91. The van der Waals surface area contributed by atoms with Gasteiger partial charge in [-0.05, 0) is 46.9 Å². The Labute approximate surface area is 247 Å². The second-order valence-corrected chi connectivity index (χ2v) is 13.9. The van der Waals surface area contributed by atoms with Crippen LogP contribution in [-0.2, 0) is 16.4 Å². The summed E-state index contributed by atoms with van der Waals surface area (Å²) < 4.78 is 0. The molecule has 1 aromatic heterocycles. The lowest BCUT2D eigenvalue weighted by atomic mass is 9.66. The summed E-state index contributed by atoms with van der Waals surface area (Å²) in [6.07, 6.45) is 0. The number of imidazole rings is 1. The van der Waals surface area contributed by atoms with E-state index in [1.165, 1.54) is 22.3 Å². The van der Waals surface area contributed by atoms with Crippen molar-refractivity contribution < 1.29 is 0 Å². The van der Waals surface area contributed by atoms with E-state index in [2.05, 4.69) is 149 Å². The fourth-order valence-corrected chi connectivity index (χ4v) is 6.92. The zero-order valence-electron chi connectivity index (χ0n) is 26.3. The summed E-state index contributed by atoms with van der Waals surface area (Å²) in [6.45, 7) is 22.6. The summed E-state index contributed by atoms with van der Waals surface area (Å²) in [7, 11) is 0. The highest BCUT2D eigenvalue weighted by molar-refractivity contribution is 5.57. The van der Waals surface area contributed by atoms with Gasteiger partial charge >= 0.3 is 0 Å². The maximum atomic E-state index is 5.47. The Morgan fingerprint density at radius 3 is 1.68 bits per heavy atom. The molecule has 0 aliphatic carbocycles. The van der Waals surface area contributed by atoms with Gasteiger partial charge in [0, 0.05) is 43.4 Å². The van der Waals surface area contributed by atoms with Crippen LogP contribution in [0.2, 0.25) is 0 Å². The molecule has 4 heteroatoms. The first-order valence-corrected chi connectivity index (χ1v) is 15.2. The van der Waals surface area contributed by atoms with E-state index >= 15 is 0 Å². The van der Waals surface area contributed by atoms with Gasteiger partial charge in [-0.15, -0.1) is 0 Å². The molecular formula is C37H48N4. The Hall–Kier alpha value is -3.21. The molecule has 41 heavy (non-hydrogen) atoms. The molecule has 4 nitrogen and oxygen atoms in total. The number of hydrogen-bond acceptors (Lipinski definition) is 3. The number of hydrogen-bond donors (Lipinski definition) is 2. The molecule has 0 bridgehead atoms. The monoisotopic (exact) mass is 548 g/mol. The quantitative estimate of drug-likeness (QED) is 0.257. The standard InChI is InChI=1S/C37H48N4/c1-26-33(40-34(39-26)27-16-10-9-11-17-27)37(8,41-24-22-38-23-25-41)32(28-18-12-14-20-30(28)35(2,3)4)29-19-13-15-21-31(29)36(5,6)7/h9-21,32,38H,22-25H2,1-8H3,(H,39,40). The third kappa shape index (κ3) is 5.65. The third-order valence-electron chi connectivity index (χ3n) is 8.91. The highest BCUT2D eigenvalue weighted by Gasteiger charge is 2.48. The van der Waals surface area contributed by atoms with Crippen molar-refractivity contribution in [1.29, 1.82) is 0 Å². The average Bonchev–Trinajstić information content (AvgIpc) is 3.35. The van der Waals surface area contributed by atoms with Gasteiger partial charge < -0.3 is 10.3 Å². The van der Waals surface area contributed by atoms with Crippen LogP contribution in [-0.4, -0.2) is 41.0 Å². The Bertz CT molecular complexity index is 1410. The summed E-state index contributed by atoms with van der Waals surface area (Å²) >= 11 is 0. The van der Waals surface area contributed by atoms with Crippen LogP contribution in [0.3, 0.4) is 0 Å². The second kappa shape index (κ2) is 11.2. The largest absolute Gasteiger partial charge is 0.342 e. The lowest BCUT2D eigenvalue weighted by Crippen LogP contribution is -2.56. The van der Waals surface area contributed by atoms with Crippen LogP contribution in [0, 0.1) is 6.92 Å². The Kier molecular flexibility index (Phi) is 8.02. The highest BCUT2D eigenvalue weighted by atomic mass is 15.3. The zero-order valence-corrected chi connectivity index (χ0v) is 26.3. The molecule has 4 aromatic rings. The average molecular weight is 549 g/mol. The van der Waals surface area contributed by atoms with Crippen molar-refractivity contribution in [3.05, 3.63) is 113 Å². The lowest BCUT2D eigenvalue weighted by Gasteiger charge is -2.50. The molecule has 2 heterocycles. The van der Waals surface area contributed by atoms with Gasteiger partial charge in [0.05, 0.1) is 11.2 Å². The Morgan fingerprint density at radius 1 is 0.683 bits per heavy atom. The Morgan fingerprint density at radius 2 is 1.17 bits per heavy atom. The lowest BCUT2D eigenvalue weighted by molar-refractivity contribution is 0.0664. The maximum absolute atomic E-state index is 5.47. The molecule has 0 spiro atoms. The topological polar surface area (TPSA) is 44.0 Å². The van der Waals surface area contributed by atoms with Gasteiger partial charge in [0.2, 0.25) is 0 Å². The van der Waals surface area contributed by atoms with Crippen molar-refractivity contribution in [2.45, 2.75) is 77.7 Å². The Balaban J connectivity index is 1.86. The van der Waals surface area contributed by atoms with Gasteiger partial charge in [0.1, 0.15) is 5.82 Å². The summed E-state index contributed by atoms with van der Waals surface area (Å²) in [4.78, 5) is 11.9. The number of aryl methyl sites for hydroxylation is 1. The van der Waals surface area contributed by atoms with Crippen molar-refractivity contribution in [3.8, 4) is 11.4 Å². The van der Waals surface area contributed by atoms with Crippen LogP contribution in [0.15, 0.2) is 78.9 Å². The zero-order chi connectivity index (χ0) is 29.4. The minimum Gasteiger partial charge on any atom is -0.342 e. The molecule has 0 saturated carbocycles. The van der Waals surface area contributed by atoms with Crippen molar-refractivity contribution in [2.24, 2.45) is 0 Å². The van der Waals surface area contributed by atoms with Gasteiger partial charge in [-0.2, -0.15) is 0 Å². The molecule has 1 saturated heterocycles. The van der Waals surface area contributed by atoms with Crippen molar-refractivity contribution in [3.63, 3.8) is 0 Å². The molecule has 3 aromatic carbocycles. The number of rotatable bonds is 6. The van der Waals surface area contributed by atoms with E-state index < -0.39 is 5.54 Å². The van der Waals surface area contributed by atoms with Crippen LogP contribution in [0.25, 0.3) is 11.4 Å². The number of aromatic amines is 1. The summed E-state index contributed by atoms with van der Waals surface area (Å²) in [5.41, 5.74) is 8.54. The fraction of sp³-hybridized carbons (Fsp3) is 0.432. The van der Waals surface area contributed by atoms with Crippen LogP contribution in [0.1, 0.15) is 88.0 Å². The highest BCUT2D eigenvalue weighted by Crippen LogP contribution is 2.51. The second-order valence-electron chi connectivity index (χ2n) is 13.9. The van der Waals surface area contributed by atoms with Crippen LogP contribution in [0.4, 0.5) is 0 Å². The van der Waals surface area contributed by atoms with Gasteiger partial charge in [0.25, 0.3) is 0 Å². The molecule has 1 aliphatic rings. The number of H-pyrrole nitrogens is 1. The minimum absolute atomic E-state index is 0.00823. The van der Waals surface area contributed by atoms with Gasteiger partial charge in [-0.1, -0.05) is 120 Å².